The molecule has 1 heterocycles. The second kappa shape index (κ2) is 12.4. The van der Waals surface area contributed by atoms with E-state index in [4.69, 9.17) is 18.9 Å². The Hall–Kier alpha value is -2.83. The van der Waals surface area contributed by atoms with Crippen LogP contribution in [-0.4, -0.2) is 36.9 Å². The minimum absolute atomic E-state index is 0.0661. The van der Waals surface area contributed by atoms with Crippen molar-refractivity contribution in [3.8, 4) is 0 Å². The first-order valence-electron chi connectivity index (χ1n) is 11.4. The standard InChI is InChI=1S/C26H36O7/c1-16-8-7-9-18(3)25-22(12-10-16)23(15-31-26(25)33-21(6)29)24(32-20(5)28)13-11-17(2)14-30-19(4)27/h8,11,15,22,24-26H,3,7,9-10,12-14H2,1-2,4-6H3/b16-8-,17-11+/t22-,24+,25+,26-/m1/s1. The predicted octanol–water partition coefficient (Wildman–Crippen LogP) is 4.93. The minimum atomic E-state index is -0.763. The maximum absolute atomic E-state index is 11.9. The van der Waals surface area contributed by atoms with Gasteiger partial charge in [-0.05, 0) is 45.1 Å². The van der Waals surface area contributed by atoms with Crippen molar-refractivity contribution >= 4 is 17.9 Å². The van der Waals surface area contributed by atoms with E-state index in [1.807, 2.05) is 13.0 Å². The molecule has 1 aliphatic carbocycles. The van der Waals surface area contributed by atoms with Crippen LogP contribution in [0.5, 0.6) is 0 Å². The van der Waals surface area contributed by atoms with Gasteiger partial charge in [0.1, 0.15) is 12.7 Å². The van der Waals surface area contributed by atoms with Crippen LogP contribution in [0.2, 0.25) is 0 Å². The first-order chi connectivity index (χ1) is 15.6. The SMILES string of the molecule is C=C1CC/C=C(/C)CC[C@@H]2C([C@H](C/C=C(\C)COC(C)=O)OC(C)=O)=CO[C@H](OC(C)=O)[C@@H]12. The van der Waals surface area contributed by atoms with E-state index in [1.54, 1.807) is 6.26 Å². The summed E-state index contributed by atoms with van der Waals surface area (Å²) in [5, 5.41) is 0. The van der Waals surface area contributed by atoms with Crippen LogP contribution in [0.3, 0.4) is 0 Å². The third-order valence-corrected chi connectivity index (χ3v) is 5.92. The lowest BCUT2D eigenvalue weighted by molar-refractivity contribution is -0.181. The van der Waals surface area contributed by atoms with E-state index in [9.17, 15) is 14.4 Å². The molecule has 7 heteroatoms. The van der Waals surface area contributed by atoms with Crippen molar-refractivity contribution < 1.29 is 33.3 Å². The van der Waals surface area contributed by atoms with Gasteiger partial charge in [0.25, 0.3) is 0 Å². The Morgan fingerprint density at radius 3 is 2.52 bits per heavy atom. The maximum atomic E-state index is 11.9. The molecule has 0 saturated carbocycles. The van der Waals surface area contributed by atoms with Gasteiger partial charge in [-0.25, -0.2) is 0 Å². The largest absolute Gasteiger partial charge is 0.462 e. The summed E-state index contributed by atoms with van der Waals surface area (Å²) in [5.74, 6) is -1.47. The van der Waals surface area contributed by atoms with Crippen LogP contribution in [0.1, 0.15) is 66.7 Å². The van der Waals surface area contributed by atoms with Crippen molar-refractivity contribution in [3.05, 3.63) is 47.3 Å². The number of rotatable bonds is 7. The molecule has 1 aliphatic heterocycles. The molecule has 0 N–H and O–H groups in total. The van der Waals surface area contributed by atoms with Gasteiger partial charge < -0.3 is 18.9 Å². The van der Waals surface area contributed by atoms with Crippen molar-refractivity contribution in [2.24, 2.45) is 11.8 Å². The first kappa shape index (κ1) is 26.4. The first-order valence-corrected chi connectivity index (χ1v) is 11.4. The number of carbonyl (C=O) groups is 3. The zero-order valence-corrected chi connectivity index (χ0v) is 20.3. The zero-order valence-electron chi connectivity index (χ0n) is 20.3. The molecule has 7 nitrogen and oxygen atoms in total. The molecular formula is C26H36O7. The fourth-order valence-corrected chi connectivity index (χ4v) is 4.31. The van der Waals surface area contributed by atoms with Crippen molar-refractivity contribution in [1.29, 1.82) is 0 Å². The fourth-order valence-electron chi connectivity index (χ4n) is 4.31. The number of ether oxygens (including phenoxy) is 4. The number of fused-ring (bicyclic) bond motifs is 1. The summed E-state index contributed by atoms with van der Waals surface area (Å²) in [6, 6.07) is 0. The summed E-state index contributed by atoms with van der Waals surface area (Å²) in [7, 11) is 0. The maximum Gasteiger partial charge on any atom is 0.305 e. The summed E-state index contributed by atoms with van der Waals surface area (Å²) in [5.41, 5.74) is 3.93. The van der Waals surface area contributed by atoms with E-state index < -0.39 is 24.3 Å². The molecule has 2 aliphatic rings. The predicted molar refractivity (Wildman–Crippen MR) is 124 cm³/mol. The van der Waals surface area contributed by atoms with Crippen LogP contribution >= 0.6 is 0 Å². The van der Waals surface area contributed by atoms with E-state index in [-0.39, 0.29) is 24.4 Å². The summed E-state index contributed by atoms with van der Waals surface area (Å²) in [6.07, 6.45) is 8.07. The molecule has 33 heavy (non-hydrogen) atoms. The Morgan fingerprint density at radius 1 is 1.15 bits per heavy atom. The Morgan fingerprint density at radius 2 is 1.88 bits per heavy atom. The number of allylic oxidation sites excluding steroid dienone is 2. The second-order valence-corrected chi connectivity index (χ2v) is 8.81. The van der Waals surface area contributed by atoms with Gasteiger partial charge in [-0.3, -0.25) is 14.4 Å². The van der Waals surface area contributed by atoms with Crippen LogP contribution < -0.4 is 0 Å². The lowest BCUT2D eigenvalue weighted by atomic mass is 9.74. The smallest absolute Gasteiger partial charge is 0.305 e. The van der Waals surface area contributed by atoms with Gasteiger partial charge in [0.05, 0.1) is 12.2 Å². The van der Waals surface area contributed by atoms with Gasteiger partial charge >= 0.3 is 17.9 Å². The molecule has 0 aromatic heterocycles. The number of carbonyl (C=O) groups excluding carboxylic acids is 3. The Kier molecular flexibility index (Phi) is 9.95. The van der Waals surface area contributed by atoms with Gasteiger partial charge in [0.2, 0.25) is 6.29 Å². The van der Waals surface area contributed by atoms with Crippen LogP contribution in [0.4, 0.5) is 0 Å². The third-order valence-electron chi connectivity index (χ3n) is 5.92. The van der Waals surface area contributed by atoms with Crippen molar-refractivity contribution in [2.75, 3.05) is 6.61 Å². The molecular weight excluding hydrogens is 424 g/mol. The molecule has 0 aromatic rings. The molecule has 2 rings (SSSR count). The Bertz CT molecular complexity index is 849. The Balaban J connectivity index is 2.39. The van der Waals surface area contributed by atoms with Crippen LogP contribution in [0.15, 0.2) is 47.3 Å². The molecule has 0 unspecified atom stereocenters. The topological polar surface area (TPSA) is 88.1 Å². The van der Waals surface area contributed by atoms with E-state index in [0.717, 1.165) is 42.4 Å². The number of hydrogen-bond acceptors (Lipinski definition) is 7. The van der Waals surface area contributed by atoms with Crippen LogP contribution in [0, 0.1) is 11.8 Å². The van der Waals surface area contributed by atoms with Gasteiger partial charge in [0.15, 0.2) is 0 Å². The highest BCUT2D eigenvalue weighted by Crippen LogP contribution is 2.43. The molecule has 0 radical (unpaired) electrons. The highest BCUT2D eigenvalue weighted by molar-refractivity contribution is 5.67. The lowest BCUT2D eigenvalue weighted by Crippen LogP contribution is -2.41. The Labute approximate surface area is 196 Å². The van der Waals surface area contributed by atoms with Crippen molar-refractivity contribution in [3.63, 3.8) is 0 Å². The van der Waals surface area contributed by atoms with Gasteiger partial charge in [-0.2, -0.15) is 0 Å². The second-order valence-electron chi connectivity index (χ2n) is 8.81. The van der Waals surface area contributed by atoms with Gasteiger partial charge in [0, 0.05) is 38.7 Å². The number of hydrogen-bond donors (Lipinski definition) is 0. The highest BCUT2D eigenvalue weighted by atomic mass is 16.7. The molecule has 0 spiro atoms. The van der Waals surface area contributed by atoms with Crippen molar-refractivity contribution in [1.82, 2.24) is 0 Å². The van der Waals surface area contributed by atoms with Crippen LogP contribution in [0.25, 0.3) is 0 Å². The summed E-state index contributed by atoms with van der Waals surface area (Å²) in [4.78, 5) is 34.8. The van der Waals surface area contributed by atoms with Gasteiger partial charge in [-0.1, -0.05) is 29.9 Å². The monoisotopic (exact) mass is 460 g/mol. The van der Waals surface area contributed by atoms with Crippen LogP contribution in [-0.2, 0) is 33.3 Å². The lowest BCUT2D eigenvalue weighted by Gasteiger charge is -2.40. The quantitative estimate of drug-likeness (QED) is 0.302. The zero-order chi connectivity index (χ0) is 24.5. The average molecular weight is 461 g/mol. The summed E-state index contributed by atoms with van der Waals surface area (Å²) < 4.78 is 22.1. The summed E-state index contributed by atoms with van der Waals surface area (Å²) >= 11 is 0. The van der Waals surface area contributed by atoms with E-state index in [1.165, 1.54) is 26.3 Å². The van der Waals surface area contributed by atoms with E-state index in [0.29, 0.717) is 6.42 Å². The third kappa shape index (κ3) is 8.22. The minimum Gasteiger partial charge on any atom is -0.462 e. The molecule has 4 atom stereocenters. The molecule has 0 fully saturated rings. The van der Waals surface area contributed by atoms with E-state index in [2.05, 4.69) is 19.6 Å². The highest BCUT2D eigenvalue weighted by Gasteiger charge is 2.42. The average Bonchev–Trinajstić information content (AvgIpc) is 2.79. The molecule has 0 saturated heterocycles. The fraction of sp³-hybridized carbons (Fsp3) is 0.577. The molecule has 0 aromatic carbocycles. The normalized spacial score (nSPS) is 26.0. The van der Waals surface area contributed by atoms with Gasteiger partial charge in [-0.15, -0.1) is 0 Å². The molecule has 182 valence electrons. The van der Waals surface area contributed by atoms with Crippen molar-refractivity contribution in [2.45, 2.75) is 79.1 Å². The molecule has 0 bridgehead atoms. The summed E-state index contributed by atoms with van der Waals surface area (Å²) in [6.45, 7) is 12.5. The number of esters is 3. The molecule has 0 amide bonds. The van der Waals surface area contributed by atoms with E-state index >= 15 is 0 Å².